The topological polar surface area (TPSA) is 94.5 Å². The molecule has 0 radical (unpaired) electrons. The molecular formula is C38H59NO7. The van der Waals surface area contributed by atoms with Crippen LogP contribution in [-0.4, -0.2) is 66.2 Å². The molecule has 1 spiro atoms. The zero-order valence-electron chi connectivity index (χ0n) is 28.4. The first-order valence-electron chi connectivity index (χ1n) is 19.0. The van der Waals surface area contributed by atoms with Gasteiger partial charge >= 0.3 is 6.16 Å². The number of ketones is 1. The molecule has 3 unspecified atom stereocenters. The summed E-state index contributed by atoms with van der Waals surface area (Å²) in [4.78, 5) is 28.0. The smallest absolute Gasteiger partial charge is 0.482 e. The Morgan fingerprint density at radius 1 is 0.957 bits per heavy atom. The van der Waals surface area contributed by atoms with Crippen LogP contribution in [0, 0.1) is 23.2 Å². The summed E-state index contributed by atoms with van der Waals surface area (Å²) in [5.41, 5.74) is -1.58. The number of unbranched alkanes of at least 4 members (excludes halogenated alkanes) is 13. The van der Waals surface area contributed by atoms with Gasteiger partial charge in [-0.05, 0) is 63.0 Å². The van der Waals surface area contributed by atoms with Gasteiger partial charge in [0.1, 0.15) is 5.76 Å². The van der Waals surface area contributed by atoms with E-state index in [4.69, 9.17) is 18.9 Å². The van der Waals surface area contributed by atoms with Gasteiger partial charge < -0.3 is 24.1 Å². The monoisotopic (exact) mass is 641 g/mol. The molecule has 6 aliphatic rings. The number of allylic oxidation sites excluding steroid dienone is 3. The summed E-state index contributed by atoms with van der Waals surface area (Å²) in [6.07, 6.45) is 25.7. The Morgan fingerprint density at radius 2 is 1.63 bits per heavy atom. The first-order valence-corrected chi connectivity index (χ1v) is 19.0. The lowest BCUT2D eigenvalue weighted by atomic mass is 9.44. The molecule has 6 rings (SSSR count). The number of carbonyl (C=O) groups excluding carboxylic acids is 2. The highest BCUT2D eigenvalue weighted by molar-refractivity contribution is 5.87. The number of nitrogens with zero attached hydrogens (tertiary/aromatic N) is 1. The molecule has 0 aromatic carbocycles. The third-order valence-electron chi connectivity index (χ3n) is 12.2. The second kappa shape index (κ2) is 15.4. The summed E-state index contributed by atoms with van der Waals surface area (Å²) in [7, 11) is 0. The SMILES string of the molecule is CCCCCCCCCCCCCCCCOC(=O)OCOC1=C2O[C@H]3C(=O)CC[C@@]4(O)C5CC(C=C1)C2[C@@]34CCN5CC1CC1. The van der Waals surface area contributed by atoms with Gasteiger partial charge in [-0.15, -0.1) is 0 Å². The Bertz CT molecular complexity index is 1120. The molecule has 8 heteroatoms. The van der Waals surface area contributed by atoms with Crippen LogP contribution in [0.15, 0.2) is 23.7 Å². The Balaban J connectivity index is 0.895. The Kier molecular flexibility index (Phi) is 11.4. The molecular weight excluding hydrogens is 582 g/mol. The van der Waals surface area contributed by atoms with Crippen molar-refractivity contribution in [3.63, 3.8) is 0 Å². The second-order valence-electron chi connectivity index (χ2n) is 15.2. The number of rotatable bonds is 20. The molecule has 2 aliphatic heterocycles. The van der Waals surface area contributed by atoms with Gasteiger partial charge in [-0.2, -0.15) is 0 Å². The Hall–Kier alpha value is -2.06. The molecule has 2 bridgehead atoms. The van der Waals surface area contributed by atoms with Crippen LogP contribution in [0.4, 0.5) is 4.79 Å². The molecule has 258 valence electrons. The Morgan fingerprint density at radius 3 is 2.30 bits per heavy atom. The van der Waals surface area contributed by atoms with Crippen LogP contribution in [0.1, 0.15) is 135 Å². The van der Waals surface area contributed by atoms with Crippen molar-refractivity contribution in [2.75, 3.05) is 26.5 Å². The Labute approximate surface area is 276 Å². The number of piperidine rings is 1. The van der Waals surface area contributed by atoms with E-state index in [1.54, 1.807) is 0 Å². The predicted molar refractivity (Wildman–Crippen MR) is 176 cm³/mol. The van der Waals surface area contributed by atoms with Gasteiger partial charge in [0, 0.05) is 24.9 Å². The van der Waals surface area contributed by atoms with Crippen molar-refractivity contribution in [1.29, 1.82) is 0 Å². The minimum Gasteiger partial charge on any atom is -0.482 e. The molecule has 1 N–H and O–H groups in total. The van der Waals surface area contributed by atoms with Crippen LogP contribution in [0.25, 0.3) is 0 Å². The maximum absolute atomic E-state index is 13.3. The minimum atomic E-state index is -0.953. The van der Waals surface area contributed by atoms with Crippen LogP contribution in [0.5, 0.6) is 0 Å². The van der Waals surface area contributed by atoms with Crippen LogP contribution in [0.2, 0.25) is 0 Å². The van der Waals surface area contributed by atoms with Gasteiger partial charge in [0.25, 0.3) is 0 Å². The molecule has 46 heavy (non-hydrogen) atoms. The standard InChI is InChI=1S/C38H59NO7/c1-2-3-4-5-6-7-8-9-10-11-12-13-14-15-24-43-36(41)45-27-44-31-19-18-29-25-32-38(42)21-20-30(40)35-37(38,33(29)34(31)46-35)22-23-39(32)26-28-16-17-28/h18-19,28-29,32-33,35,42H,2-17,20-27H2,1H3/t29?,32?,33?,35-,37-,38+/m0/s1. The molecule has 4 aliphatic carbocycles. The maximum atomic E-state index is 13.3. The van der Waals surface area contributed by atoms with Gasteiger partial charge in [0.2, 0.25) is 6.79 Å². The van der Waals surface area contributed by atoms with Crippen molar-refractivity contribution in [3.05, 3.63) is 23.7 Å². The van der Waals surface area contributed by atoms with E-state index < -0.39 is 23.3 Å². The molecule has 0 aromatic rings. The highest BCUT2D eigenvalue weighted by atomic mass is 16.8. The lowest BCUT2D eigenvalue weighted by Crippen LogP contribution is -2.76. The molecule has 5 fully saturated rings. The largest absolute Gasteiger partial charge is 0.511 e. The van der Waals surface area contributed by atoms with E-state index in [1.165, 1.54) is 89.9 Å². The number of hydrogen-bond donors (Lipinski definition) is 1. The third-order valence-corrected chi connectivity index (χ3v) is 12.2. The van der Waals surface area contributed by atoms with Crippen molar-refractivity contribution < 1.29 is 33.6 Å². The van der Waals surface area contributed by atoms with E-state index in [0.29, 0.717) is 31.0 Å². The van der Waals surface area contributed by atoms with Crippen molar-refractivity contribution in [3.8, 4) is 0 Å². The lowest BCUT2D eigenvalue weighted by Gasteiger charge is -2.65. The summed E-state index contributed by atoms with van der Waals surface area (Å²) in [6, 6.07) is 0.0478. The summed E-state index contributed by atoms with van der Waals surface area (Å²) < 4.78 is 22.9. The molecule has 0 amide bonds. The van der Waals surface area contributed by atoms with E-state index in [9.17, 15) is 14.7 Å². The summed E-state index contributed by atoms with van der Waals surface area (Å²) in [5, 5.41) is 12.4. The molecule has 0 aromatic heterocycles. The van der Waals surface area contributed by atoms with E-state index in [1.807, 2.05) is 6.08 Å². The van der Waals surface area contributed by atoms with E-state index in [0.717, 1.165) is 44.7 Å². The molecule has 2 heterocycles. The molecule has 2 saturated heterocycles. The quantitative estimate of drug-likeness (QED) is 0.0813. The third kappa shape index (κ3) is 7.04. The van der Waals surface area contributed by atoms with Gasteiger partial charge in [-0.25, -0.2) is 4.79 Å². The number of carbonyl (C=O) groups is 2. The second-order valence-corrected chi connectivity index (χ2v) is 15.2. The van der Waals surface area contributed by atoms with Gasteiger partial charge in [0.15, 0.2) is 17.6 Å². The first-order chi connectivity index (χ1) is 22.5. The predicted octanol–water partition coefficient (Wildman–Crippen LogP) is 7.98. The fraction of sp³-hybridized carbons (Fsp3) is 0.842. The van der Waals surface area contributed by atoms with E-state index >= 15 is 0 Å². The fourth-order valence-corrected chi connectivity index (χ4v) is 9.61. The number of likely N-dealkylation sites (tertiary alicyclic amines) is 1. The summed E-state index contributed by atoms with van der Waals surface area (Å²) >= 11 is 0. The average molecular weight is 642 g/mol. The lowest BCUT2D eigenvalue weighted by molar-refractivity contribution is -0.244. The highest BCUT2D eigenvalue weighted by Crippen LogP contribution is 2.69. The van der Waals surface area contributed by atoms with E-state index in [-0.39, 0.29) is 30.5 Å². The first kappa shape index (κ1) is 33.8. The normalized spacial score (nSPS) is 32.7. The zero-order chi connectivity index (χ0) is 32.0. The fourth-order valence-electron chi connectivity index (χ4n) is 9.61. The highest BCUT2D eigenvalue weighted by Gasteiger charge is 2.77. The average Bonchev–Trinajstić information content (AvgIpc) is 3.79. The van der Waals surface area contributed by atoms with Gasteiger partial charge in [-0.1, -0.05) is 96.5 Å². The van der Waals surface area contributed by atoms with Crippen molar-refractivity contribution in [1.82, 2.24) is 4.90 Å². The van der Waals surface area contributed by atoms with E-state index in [2.05, 4.69) is 17.9 Å². The molecule has 8 nitrogen and oxygen atoms in total. The zero-order valence-corrected chi connectivity index (χ0v) is 28.4. The van der Waals surface area contributed by atoms with Crippen molar-refractivity contribution >= 4 is 11.9 Å². The molecule has 6 atom stereocenters. The minimum absolute atomic E-state index is 0.0478. The molecule has 3 saturated carbocycles. The number of ether oxygens (including phenoxy) is 4. The van der Waals surface area contributed by atoms with Crippen LogP contribution < -0.4 is 0 Å². The van der Waals surface area contributed by atoms with Crippen LogP contribution in [0.3, 0.4) is 0 Å². The maximum Gasteiger partial charge on any atom is 0.511 e. The van der Waals surface area contributed by atoms with Crippen molar-refractivity contribution in [2.45, 2.75) is 153 Å². The van der Waals surface area contributed by atoms with Gasteiger partial charge in [0.05, 0.1) is 17.6 Å². The summed E-state index contributed by atoms with van der Waals surface area (Å²) in [5.74, 6) is 2.07. The van der Waals surface area contributed by atoms with Crippen LogP contribution in [-0.2, 0) is 23.7 Å². The summed E-state index contributed by atoms with van der Waals surface area (Å²) in [6.45, 7) is 4.27. The number of aliphatic hydroxyl groups is 1. The van der Waals surface area contributed by atoms with Crippen LogP contribution >= 0.6 is 0 Å². The number of hydrogen-bond acceptors (Lipinski definition) is 8. The van der Waals surface area contributed by atoms with Crippen molar-refractivity contribution in [2.24, 2.45) is 23.2 Å². The van der Waals surface area contributed by atoms with Gasteiger partial charge in [-0.3, -0.25) is 9.69 Å². The number of Topliss-reactive ketones (excluding diaryl/α,β-unsaturated/α-hetero) is 1.